The van der Waals surface area contributed by atoms with Crippen LogP contribution in [0.25, 0.3) is 5.84 Å². The molecule has 0 fully saturated rings. The molecule has 0 aromatic heterocycles. The molecule has 0 aromatic carbocycles. The maximum absolute atomic E-state index is 7.11. The van der Waals surface area contributed by atoms with Crippen LogP contribution in [0.2, 0.25) is 0 Å². The van der Waals surface area contributed by atoms with Crippen molar-refractivity contribution in [2.45, 2.75) is 6.04 Å². The first-order chi connectivity index (χ1) is 3.80. The van der Waals surface area contributed by atoms with Gasteiger partial charge in [-0.3, -0.25) is 0 Å². The Hall–Kier alpha value is -0.600. The molecule has 0 atom stereocenters. The summed E-state index contributed by atoms with van der Waals surface area (Å²) in [5.74, 6) is 7.11. The molecule has 0 aliphatic heterocycles. The summed E-state index contributed by atoms with van der Waals surface area (Å²) in [6, 6.07) is 0.204. The molecule has 0 heterocycles. The lowest BCUT2D eigenvalue weighted by molar-refractivity contribution is 0.443. The van der Waals surface area contributed by atoms with Gasteiger partial charge in [-0.25, -0.2) is 0 Å². The molecule has 1 aliphatic rings. The molecule has 0 amide bonds. The number of nitrogens with one attached hydrogen (secondary N) is 1. The Morgan fingerprint density at radius 1 is 1.38 bits per heavy atom. The molecule has 0 saturated carbocycles. The van der Waals surface area contributed by atoms with Crippen LogP contribution in [0.4, 0.5) is 0 Å². The first kappa shape index (κ1) is 5.54. The second-order valence-electron chi connectivity index (χ2n) is 1.87. The zero-order valence-electron chi connectivity index (χ0n) is 4.83. The minimum Gasteiger partial charge on any atom is -0.609 e. The first-order valence-corrected chi connectivity index (χ1v) is 2.60. The van der Waals surface area contributed by atoms with Gasteiger partial charge in [-0.2, -0.15) is 0 Å². The average Bonchev–Trinajstić information content (AvgIpc) is 2.12. The lowest BCUT2D eigenvalue weighted by Gasteiger charge is -2.24. The van der Waals surface area contributed by atoms with Crippen LogP contribution in [0.15, 0.2) is 24.3 Å². The second kappa shape index (κ2) is 2.11. The zero-order valence-corrected chi connectivity index (χ0v) is 4.83. The van der Waals surface area contributed by atoms with Gasteiger partial charge in [0.05, 0.1) is 0 Å². The van der Waals surface area contributed by atoms with Gasteiger partial charge in [-0.05, 0) is 7.05 Å². The maximum atomic E-state index is 7.11. The third-order valence-corrected chi connectivity index (χ3v) is 1.17. The predicted molar refractivity (Wildman–Crippen MR) is 34.2 cm³/mol. The molecule has 1 aliphatic carbocycles. The lowest BCUT2D eigenvalue weighted by atomic mass is 10.3. The van der Waals surface area contributed by atoms with Crippen LogP contribution < -0.4 is 0 Å². The van der Waals surface area contributed by atoms with Gasteiger partial charge in [-0.1, -0.05) is 24.3 Å². The van der Waals surface area contributed by atoms with Crippen LogP contribution in [0, 0.1) is 0 Å². The SMILES string of the molecule is CN([NH-])C1C=CC=C1. The van der Waals surface area contributed by atoms with Crippen LogP contribution in [0.5, 0.6) is 0 Å². The first-order valence-electron chi connectivity index (χ1n) is 2.60. The van der Waals surface area contributed by atoms with Crippen molar-refractivity contribution < 1.29 is 0 Å². The van der Waals surface area contributed by atoms with Gasteiger partial charge >= 0.3 is 0 Å². The van der Waals surface area contributed by atoms with E-state index in [1.54, 1.807) is 7.05 Å². The molecule has 0 unspecified atom stereocenters. The van der Waals surface area contributed by atoms with Crippen LogP contribution in [0.1, 0.15) is 0 Å². The highest BCUT2D eigenvalue weighted by Gasteiger charge is 1.98. The highest BCUT2D eigenvalue weighted by atomic mass is 15.4. The van der Waals surface area contributed by atoms with Gasteiger partial charge in [0.15, 0.2) is 0 Å². The summed E-state index contributed by atoms with van der Waals surface area (Å²) >= 11 is 0. The van der Waals surface area contributed by atoms with Crippen LogP contribution in [-0.4, -0.2) is 18.1 Å². The van der Waals surface area contributed by atoms with Crippen molar-refractivity contribution in [2.24, 2.45) is 0 Å². The Bertz CT molecular complexity index is 112. The molecule has 1 rings (SSSR count). The Labute approximate surface area is 49.2 Å². The van der Waals surface area contributed by atoms with E-state index < -0.39 is 0 Å². The molecule has 2 nitrogen and oxygen atoms in total. The molecular formula is C6H9N2-. The Balaban J connectivity index is 2.49. The number of likely N-dealkylation sites (N-methyl/N-ethyl adjacent to an activating group) is 1. The number of rotatable bonds is 1. The summed E-state index contributed by atoms with van der Waals surface area (Å²) in [7, 11) is 1.74. The topological polar surface area (TPSA) is 27.0 Å². The van der Waals surface area contributed by atoms with Crippen molar-refractivity contribution in [2.75, 3.05) is 7.05 Å². The number of hydrogen-bond donors (Lipinski definition) is 0. The van der Waals surface area contributed by atoms with E-state index in [2.05, 4.69) is 0 Å². The summed E-state index contributed by atoms with van der Waals surface area (Å²) in [4.78, 5) is 0. The van der Waals surface area contributed by atoms with E-state index in [-0.39, 0.29) is 6.04 Å². The van der Waals surface area contributed by atoms with Crippen molar-refractivity contribution >= 4 is 0 Å². The highest BCUT2D eigenvalue weighted by molar-refractivity contribution is 5.21. The fourth-order valence-electron chi connectivity index (χ4n) is 0.678. The third-order valence-electron chi connectivity index (χ3n) is 1.17. The molecule has 0 saturated heterocycles. The Kier molecular flexibility index (Phi) is 1.46. The van der Waals surface area contributed by atoms with E-state index >= 15 is 0 Å². The molecular weight excluding hydrogens is 100 g/mol. The average molecular weight is 109 g/mol. The quantitative estimate of drug-likeness (QED) is 0.467. The van der Waals surface area contributed by atoms with Crippen molar-refractivity contribution in [3.63, 3.8) is 0 Å². The predicted octanol–water partition coefficient (Wildman–Crippen LogP) is 1.38. The van der Waals surface area contributed by atoms with E-state index in [1.165, 1.54) is 5.01 Å². The van der Waals surface area contributed by atoms with Gasteiger partial charge < -0.3 is 10.9 Å². The summed E-state index contributed by atoms with van der Waals surface area (Å²) in [6.07, 6.45) is 7.87. The zero-order chi connectivity index (χ0) is 5.98. The summed E-state index contributed by atoms with van der Waals surface area (Å²) < 4.78 is 0. The van der Waals surface area contributed by atoms with Crippen molar-refractivity contribution in [1.82, 2.24) is 5.01 Å². The van der Waals surface area contributed by atoms with Crippen molar-refractivity contribution in [3.05, 3.63) is 30.1 Å². The normalized spacial score (nSPS) is 18.9. The van der Waals surface area contributed by atoms with Crippen LogP contribution >= 0.6 is 0 Å². The lowest BCUT2D eigenvalue weighted by Crippen LogP contribution is -2.18. The fourth-order valence-corrected chi connectivity index (χ4v) is 0.678. The van der Waals surface area contributed by atoms with Gasteiger partial charge in [0.1, 0.15) is 0 Å². The van der Waals surface area contributed by atoms with E-state index in [0.29, 0.717) is 0 Å². The van der Waals surface area contributed by atoms with Gasteiger partial charge in [0.2, 0.25) is 0 Å². The molecule has 0 spiro atoms. The molecule has 0 radical (unpaired) electrons. The number of hydrogen-bond acceptors (Lipinski definition) is 1. The molecule has 0 aromatic rings. The molecule has 44 valence electrons. The van der Waals surface area contributed by atoms with Crippen LogP contribution in [0.3, 0.4) is 0 Å². The Morgan fingerprint density at radius 2 is 1.88 bits per heavy atom. The number of allylic oxidation sites excluding steroid dienone is 2. The van der Waals surface area contributed by atoms with Gasteiger partial charge in [0, 0.05) is 6.04 Å². The second-order valence-corrected chi connectivity index (χ2v) is 1.87. The standard InChI is InChI=1S/C6H9N2/c1-8(7)6-4-2-3-5-6/h2-7H,1H3/q-1. The van der Waals surface area contributed by atoms with E-state index in [1.807, 2.05) is 24.3 Å². The fraction of sp³-hybridized carbons (Fsp3) is 0.333. The number of nitrogens with zero attached hydrogens (tertiary/aromatic N) is 1. The van der Waals surface area contributed by atoms with Crippen LogP contribution in [-0.2, 0) is 0 Å². The largest absolute Gasteiger partial charge is 0.609 e. The van der Waals surface area contributed by atoms with E-state index in [0.717, 1.165) is 0 Å². The molecule has 2 heteroatoms. The summed E-state index contributed by atoms with van der Waals surface area (Å²) in [6.45, 7) is 0. The highest BCUT2D eigenvalue weighted by Crippen LogP contribution is 2.05. The van der Waals surface area contributed by atoms with E-state index in [9.17, 15) is 0 Å². The molecule has 8 heavy (non-hydrogen) atoms. The summed E-state index contributed by atoms with van der Waals surface area (Å²) in [5.41, 5.74) is 0. The van der Waals surface area contributed by atoms with Crippen molar-refractivity contribution in [3.8, 4) is 0 Å². The smallest absolute Gasteiger partial charge is 0.0297 e. The van der Waals surface area contributed by atoms with Crippen molar-refractivity contribution in [1.29, 1.82) is 0 Å². The van der Waals surface area contributed by atoms with Gasteiger partial charge in [0.25, 0.3) is 0 Å². The monoisotopic (exact) mass is 109 g/mol. The molecule has 1 N–H and O–H groups in total. The summed E-state index contributed by atoms with van der Waals surface area (Å²) in [5, 5.41) is 1.42. The Morgan fingerprint density at radius 3 is 2.12 bits per heavy atom. The minimum absolute atomic E-state index is 0.204. The van der Waals surface area contributed by atoms with Gasteiger partial charge in [-0.15, -0.1) is 0 Å². The minimum atomic E-state index is 0.204. The van der Waals surface area contributed by atoms with E-state index in [4.69, 9.17) is 5.84 Å². The third kappa shape index (κ3) is 0.967. The maximum Gasteiger partial charge on any atom is 0.0297 e. The molecule has 0 bridgehead atoms.